The SMILES string of the molecule is COc1ccc2c(COC(=O)c3ccc4c(c3)CCN4S(C)(=O)=O)cc(=O)oc2c1. The maximum atomic E-state index is 12.5. The average Bonchev–Trinajstić information content (AvgIpc) is 3.14. The standard InChI is InChI=1S/C21H19NO7S/c1-27-16-4-5-17-15(10-20(23)29-19(17)11-16)12-28-21(24)14-3-6-18-13(9-14)7-8-22(18)30(2,25)26/h3-6,9-11H,7-8,12H2,1-2H3. The Morgan fingerprint density at radius 2 is 1.97 bits per heavy atom. The molecule has 0 bridgehead atoms. The molecule has 156 valence electrons. The lowest BCUT2D eigenvalue weighted by Crippen LogP contribution is -2.27. The van der Waals surface area contributed by atoms with E-state index in [1.54, 1.807) is 30.3 Å². The van der Waals surface area contributed by atoms with Crippen LogP contribution in [0.1, 0.15) is 21.5 Å². The van der Waals surface area contributed by atoms with Crippen molar-refractivity contribution in [1.29, 1.82) is 0 Å². The zero-order chi connectivity index (χ0) is 21.5. The molecule has 0 amide bonds. The van der Waals surface area contributed by atoms with Crippen molar-refractivity contribution in [3.63, 3.8) is 0 Å². The van der Waals surface area contributed by atoms with E-state index in [0.29, 0.717) is 46.5 Å². The number of methoxy groups -OCH3 is 1. The molecule has 0 saturated heterocycles. The topological polar surface area (TPSA) is 103 Å². The molecule has 0 fully saturated rings. The zero-order valence-corrected chi connectivity index (χ0v) is 17.2. The Bertz CT molecular complexity index is 1310. The Kier molecular flexibility index (Phi) is 4.98. The third kappa shape index (κ3) is 3.76. The first-order chi connectivity index (χ1) is 14.3. The highest BCUT2D eigenvalue weighted by Gasteiger charge is 2.27. The van der Waals surface area contributed by atoms with Gasteiger partial charge in [0.05, 0.1) is 24.6 Å². The van der Waals surface area contributed by atoms with Crippen LogP contribution in [-0.4, -0.2) is 34.3 Å². The van der Waals surface area contributed by atoms with Gasteiger partial charge in [-0.25, -0.2) is 18.0 Å². The van der Waals surface area contributed by atoms with Crippen molar-refractivity contribution in [2.75, 3.05) is 24.2 Å². The summed E-state index contributed by atoms with van der Waals surface area (Å²) in [5, 5.41) is 0.640. The van der Waals surface area contributed by atoms with Gasteiger partial charge in [-0.05, 0) is 42.3 Å². The van der Waals surface area contributed by atoms with Crippen molar-refractivity contribution in [2.45, 2.75) is 13.0 Å². The summed E-state index contributed by atoms with van der Waals surface area (Å²) in [6.07, 6.45) is 1.68. The normalized spacial score (nSPS) is 13.3. The molecule has 3 aromatic rings. The number of fused-ring (bicyclic) bond motifs is 2. The van der Waals surface area contributed by atoms with E-state index in [1.807, 2.05) is 0 Å². The van der Waals surface area contributed by atoms with E-state index in [-0.39, 0.29) is 6.61 Å². The predicted octanol–water partition coefficient (Wildman–Crippen LogP) is 2.48. The zero-order valence-electron chi connectivity index (χ0n) is 16.4. The van der Waals surface area contributed by atoms with Crippen LogP contribution in [0.15, 0.2) is 51.7 Å². The molecule has 1 aromatic heterocycles. The van der Waals surface area contributed by atoms with E-state index in [4.69, 9.17) is 13.9 Å². The average molecular weight is 429 g/mol. The van der Waals surface area contributed by atoms with Crippen LogP contribution < -0.4 is 14.7 Å². The number of anilines is 1. The van der Waals surface area contributed by atoms with Gasteiger partial charge in [0.15, 0.2) is 0 Å². The summed E-state index contributed by atoms with van der Waals surface area (Å²) in [4.78, 5) is 24.4. The van der Waals surface area contributed by atoms with Gasteiger partial charge in [0, 0.05) is 29.6 Å². The summed E-state index contributed by atoms with van der Waals surface area (Å²) < 4.78 is 40.7. The molecule has 0 N–H and O–H groups in total. The van der Waals surface area contributed by atoms with Crippen molar-refractivity contribution in [2.24, 2.45) is 0 Å². The minimum absolute atomic E-state index is 0.111. The number of carbonyl (C=O) groups is 1. The van der Waals surface area contributed by atoms with E-state index in [2.05, 4.69) is 0 Å². The number of rotatable bonds is 5. The molecule has 8 nitrogen and oxygen atoms in total. The molecule has 9 heteroatoms. The Hall–Kier alpha value is -3.33. The molecular weight excluding hydrogens is 410 g/mol. The van der Waals surface area contributed by atoms with Crippen LogP contribution in [0, 0.1) is 0 Å². The molecule has 0 radical (unpaired) electrons. The van der Waals surface area contributed by atoms with E-state index in [1.165, 1.54) is 23.5 Å². The quantitative estimate of drug-likeness (QED) is 0.453. The number of hydrogen-bond donors (Lipinski definition) is 0. The second-order valence-corrected chi connectivity index (χ2v) is 8.86. The molecule has 0 atom stereocenters. The number of benzene rings is 2. The van der Waals surface area contributed by atoms with Gasteiger partial charge in [-0.15, -0.1) is 0 Å². The van der Waals surface area contributed by atoms with Crippen LogP contribution >= 0.6 is 0 Å². The van der Waals surface area contributed by atoms with Gasteiger partial charge in [-0.2, -0.15) is 0 Å². The van der Waals surface area contributed by atoms with Crippen LogP contribution in [0.3, 0.4) is 0 Å². The fraction of sp³-hybridized carbons (Fsp3) is 0.238. The maximum Gasteiger partial charge on any atom is 0.338 e. The van der Waals surface area contributed by atoms with Gasteiger partial charge >= 0.3 is 11.6 Å². The second kappa shape index (κ2) is 7.49. The third-order valence-electron chi connectivity index (χ3n) is 4.96. The molecule has 30 heavy (non-hydrogen) atoms. The van der Waals surface area contributed by atoms with Gasteiger partial charge in [0.25, 0.3) is 0 Å². The van der Waals surface area contributed by atoms with Crippen LogP contribution in [-0.2, 0) is 27.8 Å². The first-order valence-corrected chi connectivity index (χ1v) is 11.0. The summed E-state index contributed by atoms with van der Waals surface area (Å²) in [6, 6.07) is 11.1. The maximum absolute atomic E-state index is 12.5. The highest BCUT2D eigenvalue weighted by atomic mass is 32.2. The van der Waals surface area contributed by atoms with Crippen molar-refractivity contribution < 1.29 is 27.1 Å². The number of sulfonamides is 1. The van der Waals surface area contributed by atoms with Gasteiger partial charge in [0.2, 0.25) is 10.0 Å². The van der Waals surface area contributed by atoms with Crippen LogP contribution in [0.25, 0.3) is 11.0 Å². The summed E-state index contributed by atoms with van der Waals surface area (Å²) in [5.41, 5.74) is 1.97. The molecule has 2 heterocycles. The number of nitrogens with zero attached hydrogens (tertiary/aromatic N) is 1. The van der Waals surface area contributed by atoms with E-state index >= 15 is 0 Å². The Morgan fingerprint density at radius 3 is 2.70 bits per heavy atom. The molecule has 0 saturated carbocycles. The largest absolute Gasteiger partial charge is 0.497 e. The van der Waals surface area contributed by atoms with Gasteiger partial charge in [-0.3, -0.25) is 4.31 Å². The van der Waals surface area contributed by atoms with Crippen molar-refractivity contribution in [3.8, 4) is 5.75 Å². The summed E-state index contributed by atoms with van der Waals surface area (Å²) in [6.45, 7) is 0.238. The van der Waals surface area contributed by atoms with E-state index in [9.17, 15) is 18.0 Å². The fourth-order valence-corrected chi connectivity index (χ4v) is 4.48. The smallest absolute Gasteiger partial charge is 0.338 e. The van der Waals surface area contributed by atoms with Gasteiger partial charge in [-0.1, -0.05) is 0 Å². The lowest BCUT2D eigenvalue weighted by atomic mass is 10.1. The number of ether oxygens (including phenoxy) is 2. The van der Waals surface area contributed by atoms with Gasteiger partial charge in [0.1, 0.15) is 17.9 Å². The molecular formula is C21H19NO7S. The number of carbonyl (C=O) groups excluding carboxylic acids is 1. The monoisotopic (exact) mass is 429 g/mol. The molecule has 0 spiro atoms. The van der Waals surface area contributed by atoms with Crippen molar-refractivity contribution >= 4 is 32.6 Å². The highest BCUT2D eigenvalue weighted by Crippen LogP contribution is 2.31. The molecule has 0 unspecified atom stereocenters. The Balaban J connectivity index is 1.55. The molecule has 4 rings (SSSR count). The summed E-state index contributed by atoms with van der Waals surface area (Å²) in [5.74, 6) is -0.0217. The van der Waals surface area contributed by atoms with Crippen LogP contribution in [0.2, 0.25) is 0 Å². The minimum Gasteiger partial charge on any atom is -0.497 e. The summed E-state index contributed by atoms with van der Waals surface area (Å²) >= 11 is 0. The third-order valence-corrected chi connectivity index (χ3v) is 6.14. The van der Waals surface area contributed by atoms with Crippen LogP contribution in [0.4, 0.5) is 5.69 Å². The summed E-state index contributed by atoms with van der Waals surface area (Å²) in [7, 11) is -1.84. The molecule has 1 aliphatic rings. The highest BCUT2D eigenvalue weighted by molar-refractivity contribution is 7.92. The molecule has 1 aliphatic heterocycles. The Labute approximate surface area is 172 Å². The first-order valence-electron chi connectivity index (χ1n) is 9.15. The molecule has 0 aliphatic carbocycles. The van der Waals surface area contributed by atoms with E-state index < -0.39 is 21.6 Å². The minimum atomic E-state index is -3.36. The fourth-order valence-electron chi connectivity index (χ4n) is 3.53. The van der Waals surface area contributed by atoms with Gasteiger partial charge < -0.3 is 13.9 Å². The predicted molar refractivity (Wildman–Crippen MR) is 110 cm³/mol. The van der Waals surface area contributed by atoms with Crippen LogP contribution in [0.5, 0.6) is 5.75 Å². The Morgan fingerprint density at radius 1 is 1.17 bits per heavy atom. The lowest BCUT2D eigenvalue weighted by Gasteiger charge is -2.16. The van der Waals surface area contributed by atoms with E-state index in [0.717, 1.165) is 11.8 Å². The second-order valence-electron chi connectivity index (χ2n) is 6.96. The first kappa shape index (κ1) is 20.0. The number of hydrogen-bond acceptors (Lipinski definition) is 7. The van der Waals surface area contributed by atoms with Crippen molar-refractivity contribution in [3.05, 3.63) is 69.6 Å². The number of esters is 1. The van der Waals surface area contributed by atoms with Crippen molar-refractivity contribution in [1.82, 2.24) is 0 Å². The lowest BCUT2D eigenvalue weighted by molar-refractivity contribution is 0.0473. The molecule has 2 aromatic carbocycles.